The number of hydrogen-bond donors (Lipinski definition) is 0. The van der Waals surface area contributed by atoms with Crippen LogP contribution < -0.4 is 0 Å². The second-order valence-electron chi connectivity index (χ2n) is 7.05. The highest BCUT2D eigenvalue weighted by molar-refractivity contribution is 7.09. The minimum atomic E-state index is 0.138. The number of nitrogens with zero attached hydrogens (tertiary/aromatic N) is 2. The lowest BCUT2D eigenvalue weighted by molar-refractivity contribution is -0.130. The van der Waals surface area contributed by atoms with Crippen LogP contribution in [-0.4, -0.2) is 29.1 Å². The third-order valence-electron chi connectivity index (χ3n) is 4.18. The summed E-state index contributed by atoms with van der Waals surface area (Å²) in [7, 11) is 0. The molecule has 0 spiro atoms. The lowest BCUT2D eigenvalue weighted by Gasteiger charge is -2.43. The zero-order valence-electron chi connectivity index (χ0n) is 13.5. The molecular formula is C18H24N2OS. The molecule has 0 aliphatic carbocycles. The van der Waals surface area contributed by atoms with Gasteiger partial charge in [-0.25, -0.2) is 0 Å². The van der Waals surface area contributed by atoms with E-state index in [1.165, 1.54) is 10.4 Å². The summed E-state index contributed by atoms with van der Waals surface area (Å²) >= 11 is 1.73. The Kier molecular flexibility index (Phi) is 4.62. The van der Waals surface area contributed by atoms with Gasteiger partial charge in [0.05, 0.1) is 17.7 Å². The van der Waals surface area contributed by atoms with E-state index in [0.717, 1.165) is 19.6 Å². The smallest absolute Gasteiger partial charge is 0.0956 e. The summed E-state index contributed by atoms with van der Waals surface area (Å²) in [6, 6.07) is 10.6. The summed E-state index contributed by atoms with van der Waals surface area (Å²) in [5.41, 5.74) is 3.32. The maximum atomic E-state index is 6.43. The molecule has 1 aromatic carbocycles. The van der Waals surface area contributed by atoms with Gasteiger partial charge >= 0.3 is 0 Å². The molecule has 22 heavy (non-hydrogen) atoms. The molecule has 0 saturated carbocycles. The summed E-state index contributed by atoms with van der Waals surface area (Å²) < 4.78 is 6.43. The lowest BCUT2D eigenvalue weighted by atomic mass is 9.87. The van der Waals surface area contributed by atoms with Gasteiger partial charge in [0.1, 0.15) is 0 Å². The van der Waals surface area contributed by atoms with Crippen molar-refractivity contribution in [3.8, 4) is 0 Å². The van der Waals surface area contributed by atoms with Gasteiger partial charge in [-0.05, 0) is 11.0 Å². The molecule has 2 aromatic rings. The number of rotatable bonds is 3. The second kappa shape index (κ2) is 6.49. The van der Waals surface area contributed by atoms with Crippen LogP contribution in [0.4, 0.5) is 0 Å². The zero-order chi connectivity index (χ0) is 15.6. The first-order valence-electron chi connectivity index (χ1n) is 7.82. The Hall–Kier alpha value is -1.23. The second-order valence-corrected chi connectivity index (χ2v) is 8.02. The predicted molar refractivity (Wildman–Crippen MR) is 90.9 cm³/mol. The van der Waals surface area contributed by atoms with Gasteiger partial charge in [-0.1, -0.05) is 51.1 Å². The minimum absolute atomic E-state index is 0.138. The van der Waals surface area contributed by atoms with E-state index in [4.69, 9.17) is 4.74 Å². The van der Waals surface area contributed by atoms with Crippen LogP contribution >= 0.6 is 11.3 Å². The van der Waals surface area contributed by atoms with Crippen molar-refractivity contribution in [2.45, 2.75) is 39.5 Å². The molecule has 3 nitrogen and oxygen atoms in total. The molecule has 2 atom stereocenters. The Morgan fingerprint density at radius 1 is 1.23 bits per heavy atom. The van der Waals surface area contributed by atoms with E-state index in [-0.39, 0.29) is 17.6 Å². The molecule has 1 aromatic heterocycles. The predicted octanol–water partition coefficient (Wildman–Crippen LogP) is 4.13. The number of benzene rings is 1. The number of morpholine rings is 1. The summed E-state index contributed by atoms with van der Waals surface area (Å²) in [6.45, 7) is 9.66. The fourth-order valence-corrected chi connectivity index (χ4v) is 3.46. The summed E-state index contributed by atoms with van der Waals surface area (Å²) in [5.74, 6) is 0. The van der Waals surface area contributed by atoms with Crippen molar-refractivity contribution in [1.82, 2.24) is 9.88 Å². The average Bonchev–Trinajstić information content (AvgIpc) is 3.00. The average molecular weight is 316 g/mol. The largest absolute Gasteiger partial charge is 0.367 e. The Morgan fingerprint density at radius 2 is 2.00 bits per heavy atom. The van der Waals surface area contributed by atoms with Crippen molar-refractivity contribution in [3.63, 3.8) is 0 Å². The third kappa shape index (κ3) is 3.75. The monoisotopic (exact) mass is 316 g/mol. The lowest BCUT2D eigenvalue weighted by Crippen LogP contribution is -2.48. The number of aromatic nitrogens is 1. The van der Waals surface area contributed by atoms with E-state index in [0.29, 0.717) is 0 Å². The van der Waals surface area contributed by atoms with Gasteiger partial charge in [-0.15, -0.1) is 11.3 Å². The standard InChI is InChI=1S/C18H24N2OS/c1-18(2,3)17-12-20(10-15-9-19-13-22-15)11-16(21-17)14-7-5-4-6-8-14/h4-9,13,16-17H,10-12H2,1-3H3/t16-,17+/m0/s1. The topological polar surface area (TPSA) is 25.4 Å². The van der Waals surface area contributed by atoms with E-state index in [1.807, 2.05) is 11.7 Å². The van der Waals surface area contributed by atoms with Crippen molar-refractivity contribution in [3.05, 3.63) is 52.5 Å². The van der Waals surface area contributed by atoms with E-state index in [1.54, 1.807) is 11.3 Å². The highest BCUT2D eigenvalue weighted by atomic mass is 32.1. The van der Waals surface area contributed by atoms with E-state index < -0.39 is 0 Å². The van der Waals surface area contributed by atoms with Crippen LogP contribution in [-0.2, 0) is 11.3 Å². The fraction of sp³-hybridized carbons (Fsp3) is 0.500. The first kappa shape index (κ1) is 15.7. The van der Waals surface area contributed by atoms with Crippen LogP contribution in [0.2, 0.25) is 0 Å². The van der Waals surface area contributed by atoms with Gasteiger partial charge in [0.25, 0.3) is 0 Å². The van der Waals surface area contributed by atoms with Gasteiger partial charge in [0.2, 0.25) is 0 Å². The highest BCUT2D eigenvalue weighted by Crippen LogP contribution is 2.34. The SMILES string of the molecule is CC(C)(C)[C@H]1CN(Cc2cncs2)C[C@@H](c2ccccc2)O1. The Balaban J connectivity index is 1.79. The fourth-order valence-electron chi connectivity index (χ4n) is 2.83. The maximum absolute atomic E-state index is 6.43. The Labute approximate surface area is 137 Å². The van der Waals surface area contributed by atoms with Crippen molar-refractivity contribution in [1.29, 1.82) is 0 Å². The van der Waals surface area contributed by atoms with Crippen LogP contribution in [0, 0.1) is 5.41 Å². The molecular weight excluding hydrogens is 292 g/mol. The molecule has 1 fully saturated rings. The Bertz CT molecular complexity index is 577. The van der Waals surface area contributed by atoms with Crippen molar-refractivity contribution in [2.24, 2.45) is 5.41 Å². The van der Waals surface area contributed by atoms with Crippen molar-refractivity contribution >= 4 is 11.3 Å². The maximum Gasteiger partial charge on any atom is 0.0956 e. The van der Waals surface area contributed by atoms with E-state index in [2.05, 4.69) is 61.0 Å². The van der Waals surface area contributed by atoms with Crippen LogP contribution in [0.5, 0.6) is 0 Å². The molecule has 0 unspecified atom stereocenters. The van der Waals surface area contributed by atoms with Crippen LogP contribution in [0.25, 0.3) is 0 Å². The van der Waals surface area contributed by atoms with Crippen LogP contribution in [0.3, 0.4) is 0 Å². The zero-order valence-corrected chi connectivity index (χ0v) is 14.3. The minimum Gasteiger partial charge on any atom is -0.367 e. The quantitative estimate of drug-likeness (QED) is 0.851. The van der Waals surface area contributed by atoms with E-state index >= 15 is 0 Å². The molecule has 118 valence electrons. The van der Waals surface area contributed by atoms with E-state index in [9.17, 15) is 0 Å². The summed E-state index contributed by atoms with van der Waals surface area (Å²) in [6.07, 6.45) is 2.36. The molecule has 1 saturated heterocycles. The van der Waals surface area contributed by atoms with Crippen molar-refractivity contribution in [2.75, 3.05) is 13.1 Å². The number of hydrogen-bond acceptors (Lipinski definition) is 4. The first-order chi connectivity index (χ1) is 10.5. The van der Waals surface area contributed by atoms with Gasteiger partial charge in [0, 0.05) is 30.7 Å². The van der Waals surface area contributed by atoms with Gasteiger partial charge in [-0.2, -0.15) is 0 Å². The molecule has 1 aliphatic heterocycles. The molecule has 3 rings (SSSR count). The highest BCUT2D eigenvalue weighted by Gasteiger charge is 2.35. The van der Waals surface area contributed by atoms with Crippen LogP contribution in [0.15, 0.2) is 42.0 Å². The molecule has 2 heterocycles. The Morgan fingerprint density at radius 3 is 2.64 bits per heavy atom. The number of ether oxygens (including phenoxy) is 1. The van der Waals surface area contributed by atoms with Gasteiger partial charge in [-0.3, -0.25) is 9.88 Å². The molecule has 1 aliphatic rings. The molecule has 0 N–H and O–H groups in total. The summed E-state index contributed by atoms with van der Waals surface area (Å²) in [5, 5.41) is 0. The van der Waals surface area contributed by atoms with Crippen molar-refractivity contribution < 1.29 is 4.74 Å². The molecule has 0 bridgehead atoms. The van der Waals surface area contributed by atoms with Crippen LogP contribution in [0.1, 0.15) is 37.3 Å². The summed E-state index contributed by atoms with van der Waals surface area (Å²) in [4.78, 5) is 8.02. The molecule has 0 radical (unpaired) electrons. The van der Waals surface area contributed by atoms with Gasteiger partial charge in [0.15, 0.2) is 0 Å². The normalized spacial score (nSPS) is 23.6. The first-order valence-corrected chi connectivity index (χ1v) is 8.70. The third-order valence-corrected chi connectivity index (χ3v) is 4.94. The molecule has 0 amide bonds. The molecule has 4 heteroatoms. The number of thiazole rings is 1. The van der Waals surface area contributed by atoms with Gasteiger partial charge < -0.3 is 4.74 Å².